The standard InChI is InChI=1S/C7H10N2O3S2/c1-4-7(5(2)10)13-6(9-4)3-14(8,11)12/h3H2,1-2H3,(H2,8,11,12). The van der Waals surface area contributed by atoms with Crippen LogP contribution in [0.25, 0.3) is 0 Å². The molecule has 1 aromatic rings. The van der Waals surface area contributed by atoms with Crippen LogP contribution in [0.3, 0.4) is 0 Å². The minimum atomic E-state index is -3.57. The fourth-order valence-electron chi connectivity index (χ4n) is 1.01. The zero-order valence-electron chi connectivity index (χ0n) is 7.77. The zero-order chi connectivity index (χ0) is 10.9. The summed E-state index contributed by atoms with van der Waals surface area (Å²) < 4.78 is 21.5. The largest absolute Gasteiger partial charge is 0.294 e. The number of Topliss-reactive ketones (excluding diaryl/α,β-unsaturated/α-hetero) is 1. The molecule has 2 N–H and O–H groups in total. The smallest absolute Gasteiger partial charge is 0.215 e. The number of sulfonamides is 1. The first-order valence-corrected chi connectivity index (χ1v) is 6.30. The van der Waals surface area contributed by atoms with Crippen LogP contribution in [0.5, 0.6) is 0 Å². The van der Waals surface area contributed by atoms with Gasteiger partial charge in [0.2, 0.25) is 10.0 Å². The maximum Gasteiger partial charge on any atom is 0.215 e. The van der Waals surface area contributed by atoms with Crippen molar-refractivity contribution >= 4 is 27.1 Å². The molecule has 0 saturated heterocycles. The van der Waals surface area contributed by atoms with E-state index in [2.05, 4.69) is 4.98 Å². The Morgan fingerprint density at radius 3 is 2.50 bits per heavy atom. The van der Waals surface area contributed by atoms with Gasteiger partial charge in [-0.3, -0.25) is 4.79 Å². The Balaban J connectivity index is 3.04. The molecule has 0 saturated carbocycles. The number of ketones is 1. The first-order valence-electron chi connectivity index (χ1n) is 3.77. The summed E-state index contributed by atoms with van der Waals surface area (Å²) >= 11 is 1.07. The first-order chi connectivity index (χ1) is 6.29. The molecular formula is C7H10N2O3S2. The van der Waals surface area contributed by atoms with E-state index in [0.29, 0.717) is 15.6 Å². The van der Waals surface area contributed by atoms with Crippen LogP contribution in [-0.2, 0) is 15.8 Å². The molecule has 1 aromatic heterocycles. The highest BCUT2D eigenvalue weighted by molar-refractivity contribution is 7.88. The zero-order valence-corrected chi connectivity index (χ0v) is 9.41. The Labute approximate surface area is 86.0 Å². The number of hydrogen-bond acceptors (Lipinski definition) is 5. The number of aryl methyl sites for hydroxylation is 1. The second-order valence-corrected chi connectivity index (χ2v) is 5.58. The van der Waals surface area contributed by atoms with Crippen molar-refractivity contribution in [3.8, 4) is 0 Å². The Bertz CT molecular complexity index is 461. The van der Waals surface area contributed by atoms with Crippen molar-refractivity contribution < 1.29 is 13.2 Å². The Kier molecular flexibility index (Phi) is 3.03. The number of carbonyl (C=O) groups excluding carboxylic acids is 1. The third-order valence-corrected chi connectivity index (χ3v) is 3.60. The molecule has 1 rings (SSSR count). The molecule has 0 aliphatic rings. The van der Waals surface area contributed by atoms with Gasteiger partial charge in [-0.15, -0.1) is 11.3 Å². The van der Waals surface area contributed by atoms with Crippen molar-refractivity contribution in [1.82, 2.24) is 4.98 Å². The molecule has 0 radical (unpaired) electrons. The van der Waals surface area contributed by atoms with E-state index in [-0.39, 0.29) is 11.5 Å². The second-order valence-electron chi connectivity index (χ2n) is 2.89. The van der Waals surface area contributed by atoms with Gasteiger partial charge in [-0.25, -0.2) is 18.5 Å². The number of hydrogen-bond donors (Lipinski definition) is 1. The lowest BCUT2D eigenvalue weighted by Gasteiger charge is -1.90. The topological polar surface area (TPSA) is 90.1 Å². The van der Waals surface area contributed by atoms with Crippen LogP contribution < -0.4 is 5.14 Å². The van der Waals surface area contributed by atoms with E-state index in [1.54, 1.807) is 6.92 Å². The van der Waals surface area contributed by atoms with Crippen molar-refractivity contribution in [3.05, 3.63) is 15.6 Å². The number of carbonyl (C=O) groups is 1. The average molecular weight is 234 g/mol. The number of primary sulfonamides is 1. The molecule has 14 heavy (non-hydrogen) atoms. The predicted octanol–water partition coefficient (Wildman–Crippen LogP) is 0.443. The fraction of sp³-hybridized carbons (Fsp3) is 0.429. The van der Waals surface area contributed by atoms with Crippen molar-refractivity contribution in [2.45, 2.75) is 19.6 Å². The van der Waals surface area contributed by atoms with Gasteiger partial charge in [0, 0.05) is 6.92 Å². The number of thiazole rings is 1. The maximum atomic E-state index is 11.0. The fourth-order valence-corrected chi connectivity index (χ4v) is 2.91. The highest BCUT2D eigenvalue weighted by Crippen LogP contribution is 2.19. The minimum Gasteiger partial charge on any atom is -0.294 e. The average Bonchev–Trinajstić information content (AvgIpc) is 2.26. The Morgan fingerprint density at radius 2 is 2.14 bits per heavy atom. The lowest BCUT2D eigenvalue weighted by Crippen LogP contribution is -2.14. The SMILES string of the molecule is CC(=O)c1sc(CS(N)(=O)=O)nc1C. The van der Waals surface area contributed by atoms with Gasteiger partial charge in [0.25, 0.3) is 0 Å². The molecule has 0 fully saturated rings. The van der Waals surface area contributed by atoms with Crippen molar-refractivity contribution in [2.75, 3.05) is 0 Å². The molecular weight excluding hydrogens is 224 g/mol. The number of aromatic nitrogens is 1. The molecule has 0 atom stereocenters. The predicted molar refractivity (Wildman–Crippen MR) is 53.7 cm³/mol. The minimum absolute atomic E-state index is 0.110. The molecule has 0 unspecified atom stereocenters. The summed E-state index contributed by atoms with van der Waals surface area (Å²) in [6.45, 7) is 3.08. The van der Waals surface area contributed by atoms with Crippen LogP contribution in [0.1, 0.15) is 27.3 Å². The molecule has 0 aromatic carbocycles. The highest BCUT2D eigenvalue weighted by atomic mass is 32.2. The second kappa shape index (κ2) is 3.76. The van der Waals surface area contributed by atoms with Crippen molar-refractivity contribution in [2.24, 2.45) is 5.14 Å². The molecule has 0 aliphatic heterocycles. The van der Waals surface area contributed by atoms with E-state index < -0.39 is 10.0 Å². The summed E-state index contributed by atoms with van der Waals surface area (Å²) in [4.78, 5) is 15.5. The number of nitrogens with zero attached hydrogens (tertiary/aromatic N) is 1. The van der Waals surface area contributed by atoms with Crippen LogP contribution in [0.2, 0.25) is 0 Å². The lowest BCUT2D eigenvalue weighted by molar-refractivity contribution is 0.102. The van der Waals surface area contributed by atoms with Crippen LogP contribution >= 0.6 is 11.3 Å². The summed E-state index contributed by atoms with van der Waals surface area (Å²) in [5, 5.41) is 5.21. The summed E-state index contributed by atoms with van der Waals surface area (Å²) in [5.74, 6) is -0.424. The van der Waals surface area contributed by atoms with Crippen LogP contribution in [0, 0.1) is 6.92 Å². The molecule has 78 valence electrons. The number of rotatable bonds is 3. The van der Waals surface area contributed by atoms with Crippen LogP contribution in [0.4, 0.5) is 0 Å². The Hall–Kier alpha value is -0.790. The first kappa shape index (κ1) is 11.3. The summed E-state index contributed by atoms with van der Waals surface area (Å²) in [6.07, 6.45) is 0. The Morgan fingerprint density at radius 1 is 1.57 bits per heavy atom. The van der Waals surface area contributed by atoms with E-state index >= 15 is 0 Å². The van der Waals surface area contributed by atoms with Crippen LogP contribution in [0.15, 0.2) is 0 Å². The monoisotopic (exact) mass is 234 g/mol. The molecule has 0 aliphatic carbocycles. The summed E-state index contributed by atoms with van der Waals surface area (Å²) in [7, 11) is -3.57. The van der Waals surface area contributed by atoms with Crippen LogP contribution in [-0.4, -0.2) is 19.2 Å². The lowest BCUT2D eigenvalue weighted by atomic mass is 10.3. The molecule has 0 amide bonds. The summed E-state index contributed by atoms with van der Waals surface area (Å²) in [5.41, 5.74) is 0.557. The summed E-state index contributed by atoms with van der Waals surface area (Å²) in [6, 6.07) is 0. The highest BCUT2D eigenvalue weighted by Gasteiger charge is 2.14. The molecule has 1 heterocycles. The van der Waals surface area contributed by atoms with Gasteiger partial charge >= 0.3 is 0 Å². The van der Waals surface area contributed by atoms with Gasteiger partial charge < -0.3 is 0 Å². The quantitative estimate of drug-likeness (QED) is 0.768. The molecule has 0 bridgehead atoms. The van der Waals surface area contributed by atoms with Crippen molar-refractivity contribution in [1.29, 1.82) is 0 Å². The van der Waals surface area contributed by atoms with E-state index in [0.717, 1.165) is 11.3 Å². The van der Waals surface area contributed by atoms with Gasteiger partial charge in [0.1, 0.15) is 10.8 Å². The van der Waals surface area contributed by atoms with Gasteiger partial charge in [0.15, 0.2) is 5.78 Å². The van der Waals surface area contributed by atoms with Gasteiger partial charge in [-0.2, -0.15) is 0 Å². The normalized spacial score (nSPS) is 11.6. The van der Waals surface area contributed by atoms with E-state index in [1.165, 1.54) is 6.92 Å². The van der Waals surface area contributed by atoms with E-state index in [9.17, 15) is 13.2 Å². The third-order valence-electron chi connectivity index (χ3n) is 1.49. The van der Waals surface area contributed by atoms with E-state index in [1.807, 2.05) is 0 Å². The number of nitrogens with two attached hydrogens (primary N) is 1. The maximum absolute atomic E-state index is 11.0. The van der Waals surface area contributed by atoms with Gasteiger partial charge in [0.05, 0.1) is 10.6 Å². The third kappa shape index (κ3) is 2.86. The van der Waals surface area contributed by atoms with E-state index in [4.69, 9.17) is 5.14 Å². The molecule has 5 nitrogen and oxygen atoms in total. The molecule has 7 heteroatoms. The van der Waals surface area contributed by atoms with Crippen molar-refractivity contribution in [3.63, 3.8) is 0 Å². The van der Waals surface area contributed by atoms with Gasteiger partial charge in [-0.1, -0.05) is 0 Å². The molecule has 0 spiro atoms. The van der Waals surface area contributed by atoms with Gasteiger partial charge in [-0.05, 0) is 6.92 Å².